The number of aliphatic hydroxyl groups is 7. The summed E-state index contributed by atoms with van der Waals surface area (Å²) in [6.07, 6.45) is 46.0. The van der Waals surface area contributed by atoms with Crippen molar-refractivity contribution in [2.75, 3.05) is 33.0 Å². The number of carbonyl (C=O) groups excluding carboxylic acids is 1. The van der Waals surface area contributed by atoms with Crippen molar-refractivity contribution in [2.45, 2.75) is 248 Å². The molecule has 11 unspecified atom stereocenters. The zero-order chi connectivity index (χ0) is 54.4. The van der Waals surface area contributed by atoms with Crippen LogP contribution in [-0.2, 0) is 33.2 Å². The number of hydrogen-bond donors (Lipinski definition) is 7. The van der Waals surface area contributed by atoms with Gasteiger partial charge >= 0.3 is 5.97 Å². The van der Waals surface area contributed by atoms with E-state index >= 15 is 0 Å². The minimum Gasteiger partial charge on any atom is -0.457 e. The van der Waals surface area contributed by atoms with E-state index in [-0.39, 0.29) is 19.6 Å². The Balaban J connectivity index is 1.71. The highest BCUT2D eigenvalue weighted by atomic mass is 16.7. The van der Waals surface area contributed by atoms with Crippen LogP contribution >= 0.6 is 0 Å². The maximum atomic E-state index is 13.1. The molecule has 2 aliphatic rings. The van der Waals surface area contributed by atoms with Crippen molar-refractivity contribution in [3.8, 4) is 0 Å². The molecule has 0 aliphatic carbocycles. The van der Waals surface area contributed by atoms with E-state index in [1.807, 2.05) is 0 Å². The van der Waals surface area contributed by atoms with E-state index in [2.05, 4.69) is 111 Å². The fraction of sp³-hybridized carbons (Fsp3) is 0.721. The summed E-state index contributed by atoms with van der Waals surface area (Å²) in [6, 6.07) is 0. The molecule has 0 aromatic rings. The van der Waals surface area contributed by atoms with Crippen LogP contribution in [0.4, 0.5) is 0 Å². The van der Waals surface area contributed by atoms with E-state index < -0.39 is 86.7 Å². The lowest BCUT2D eigenvalue weighted by atomic mass is 9.98. The quantitative estimate of drug-likeness (QED) is 0.0172. The SMILES string of the molecule is CC/C=C\C/C=C\C/C=C\C/C=C\C/C=C\CCCCCCCCCCCC(=O)OC(COCCCCCCCC/C=C\C/C=C\C/C=C\CC)COC1OC(COC2OC(CO)C(O)C(O)C2O)C(O)C(O)C1O. The van der Waals surface area contributed by atoms with Gasteiger partial charge in [-0.2, -0.15) is 0 Å². The lowest BCUT2D eigenvalue weighted by Gasteiger charge is -2.42. The second kappa shape index (κ2) is 47.0. The van der Waals surface area contributed by atoms with Gasteiger partial charge in [0.25, 0.3) is 0 Å². The van der Waals surface area contributed by atoms with Gasteiger partial charge in [-0.1, -0.05) is 182 Å². The second-order valence-electron chi connectivity index (χ2n) is 19.7. The number of esters is 1. The Bertz CT molecular complexity index is 1610. The van der Waals surface area contributed by atoms with Gasteiger partial charge in [0.15, 0.2) is 12.6 Å². The van der Waals surface area contributed by atoms with Crippen molar-refractivity contribution in [3.05, 3.63) is 97.2 Å². The van der Waals surface area contributed by atoms with Crippen molar-refractivity contribution < 1.29 is 69.0 Å². The molecular formula is C61H102O14. The Morgan fingerprint density at radius 1 is 0.440 bits per heavy atom. The number of carbonyl (C=O) groups is 1. The molecule has 0 amide bonds. The van der Waals surface area contributed by atoms with Crippen LogP contribution in [0.5, 0.6) is 0 Å². The maximum Gasteiger partial charge on any atom is 0.306 e. The van der Waals surface area contributed by atoms with Crippen LogP contribution in [0.2, 0.25) is 0 Å². The monoisotopic (exact) mass is 1060 g/mol. The molecule has 0 saturated carbocycles. The van der Waals surface area contributed by atoms with E-state index in [4.69, 9.17) is 28.4 Å². The Hall–Kier alpha value is -3.09. The van der Waals surface area contributed by atoms with Crippen molar-refractivity contribution >= 4 is 5.97 Å². The molecule has 2 fully saturated rings. The van der Waals surface area contributed by atoms with Crippen LogP contribution < -0.4 is 0 Å². The molecule has 430 valence electrons. The third-order valence-corrected chi connectivity index (χ3v) is 13.1. The third kappa shape index (κ3) is 33.7. The first-order valence-electron chi connectivity index (χ1n) is 28.8. The lowest BCUT2D eigenvalue weighted by Crippen LogP contribution is -2.61. The van der Waals surface area contributed by atoms with E-state index in [0.717, 1.165) is 109 Å². The van der Waals surface area contributed by atoms with Gasteiger partial charge in [0.05, 0.1) is 26.4 Å². The molecule has 2 saturated heterocycles. The summed E-state index contributed by atoms with van der Waals surface area (Å²) in [4.78, 5) is 13.1. The van der Waals surface area contributed by atoms with Gasteiger partial charge in [-0.25, -0.2) is 0 Å². The Labute approximate surface area is 452 Å². The van der Waals surface area contributed by atoms with Gasteiger partial charge in [0, 0.05) is 13.0 Å². The van der Waals surface area contributed by atoms with Crippen LogP contribution in [0.1, 0.15) is 181 Å². The van der Waals surface area contributed by atoms with Gasteiger partial charge in [-0.15, -0.1) is 0 Å². The largest absolute Gasteiger partial charge is 0.457 e. The number of hydrogen-bond acceptors (Lipinski definition) is 14. The lowest BCUT2D eigenvalue weighted by molar-refractivity contribution is -0.332. The molecule has 0 radical (unpaired) electrons. The van der Waals surface area contributed by atoms with Gasteiger partial charge in [0.2, 0.25) is 0 Å². The van der Waals surface area contributed by atoms with Crippen LogP contribution in [0.25, 0.3) is 0 Å². The molecule has 2 aliphatic heterocycles. The smallest absolute Gasteiger partial charge is 0.306 e. The number of aliphatic hydroxyl groups excluding tert-OH is 7. The molecule has 11 atom stereocenters. The molecule has 0 spiro atoms. The molecule has 0 aromatic carbocycles. The summed E-state index contributed by atoms with van der Waals surface area (Å²) in [5.74, 6) is -0.391. The van der Waals surface area contributed by atoms with Gasteiger partial charge < -0.3 is 64.2 Å². The highest BCUT2D eigenvalue weighted by molar-refractivity contribution is 5.69. The van der Waals surface area contributed by atoms with Crippen molar-refractivity contribution in [1.82, 2.24) is 0 Å². The van der Waals surface area contributed by atoms with Crippen molar-refractivity contribution in [3.63, 3.8) is 0 Å². The van der Waals surface area contributed by atoms with Crippen molar-refractivity contribution in [2.24, 2.45) is 0 Å². The average Bonchev–Trinajstić information content (AvgIpc) is 3.41. The van der Waals surface area contributed by atoms with Crippen LogP contribution in [0.15, 0.2) is 97.2 Å². The van der Waals surface area contributed by atoms with Crippen LogP contribution in [-0.4, -0.2) is 142 Å². The normalized spacial score (nSPS) is 25.3. The number of allylic oxidation sites excluding steroid dienone is 16. The minimum atomic E-state index is -1.72. The van der Waals surface area contributed by atoms with Crippen LogP contribution in [0.3, 0.4) is 0 Å². The minimum absolute atomic E-state index is 0.0443. The van der Waals surface area contributed by atoms with Gasteiger partial charge in [0.1, 0.15) is 54.9 Å². The highest BCUT2D eigenvalue weighted by Crippen LogP contribution is 2.26. The molecule has 7 N–H and O–H groups in total. The van der Waals surface area contributed by atoms with Crippen LogP contribution in [0, 0.1) is 0 Å². The first-order chi connectivity index (χ1) is 36.6. The molecule has 2 rings (SSSR count). The summed E-state index contributed by atoms with van der Waals surface area (Å²) in [6.45, 7) is 3.41. The van der Waals surface area contributed by atoms with Gasteiger partial charge in [-0.05, 0) is 89.9 Å². The maximum absolute atomic E-state index is 13.1. The standard InChI is InChI=1S/C61H102O14/c1-3-5-7-9-11-13-15-17-19-21-22-23-24-25-26-27-28-29-30-32-34-36-38-40-42-44-53(63)73-50(47-70-45-43-41-39-37-35-33-31-20-18-16-14-12-10-8-6-4-2)48-71-60-59(69)57(67)55(65)52(75-60)49-72-61-58(68)56(66)54(64)51(46-62)74-61/h5-8,11-14,17-20,22-23,25-26,50-52,54-62,64-69H,3-4,9-10,15-16,21,24,27-49H2,1-2H3/b7-5-,8-6-,13-11-,14-12-,19-17-,20-18-,23-22-,26-25-. The van der Waals surface area contributed by atoms with E-state index in [1.54, 1.807) is 0 Å². The Morgan fingerprint density at radius 3 is 1.29 bits per heavy atom. The Morgan fingerprint density at radius 2 is 0.827 bits per heavy atom. The highest BCUT2D eigenvalue weighted by Gasteiger charge is 2.47. The first-order valence-corrected chi connectivity index (χ1v) is 28.8. The fourth-order valence-electron chi connectivity index (χ4n) is 8.50. The molecule has 14 nitrogen and oxygen atoms in total. The summed E-state index contributed by atoms with van der Waals surface area (Å²) in [5, 5.41) is 72.3. The zero-order valence-electron chi connectivity index (χ0n) is 46.0. The summed E-state index contributed by atoms with van der Waals surface area (Å²) in [5.41, 5.74) is 0. The molecule has 0 bridgehead atoms. The zero-order valence-corrected chi connectivity index (χ0v) is 46.0. The molecule has 2 heterocycles. The first kappa shape index (κ1) is 68.0. The van der Waals surface area contributed by atoms with E-state index in [0.29, 0.717) is 13.0 Å². The average molecular weight is 1060 g/mol. The topological polar surface area (TPSA) is 214 Å². The molecule has 75 heavy (non-hydrogen) atoms. The summed E-state index contributed by atoms with van der Waals surface area (Å²) < 4.78 is 34.4. The van der Waals surface area contributed by atoms with Crippen molar-refractivity contribution in [1.29, 1.82) is 0 Å². The molecule has 14 heteroatoms. The molecule has 0 aromatic heterocycles. The summed E-state index contributed by atoms with van der Waals surface area (Å²) in [7, 11) is 0. The Kier molecular flexibility index (Phi) is 42.6. The predicted molar refractivity (Wildman–Crippen MR) is 298 cm³/mol. The molecular weight excluding hydrogens is 957 g/mol. The third-order valence-electron chi connectivity index (χ3n) is 13.1. The van der Waals surface area contributed by atoms with E-state index in [1.165, 1.54) is 44.9 Å². The summed E-state index contributed by atoms with van der Waals surface area (Å²) >= 11 is 0. The second-order valence-corrected chi connectivity index (χ2v) is 19.7. The van der Waals surface area contributed by atoms with Gasteiger partial charge in [-0.3, -0.25) is 4.79 Å². The number of rotatable bonds is 45. The number of ether oxygens (including phenoxy) is 6. The van der Waals surface area contributed by atoms with E-state index in [9.17, 15) is 40.5 Å². The predicted octanol–water partition coefficient (Wildman–Crippen LogP) is 10.2. The fourth-order valence-corrected chi connectivity index (χ4v) is 8.50. The number of unbranched alkanes of at least 4 members (excludes halogenated alkanes) is 15.